The molecule has 0 aromatic carbocycles. The Morgan fingerprint density at radius 2 is 2.17 bits per heavy atom. The average Bonchev–Trinajstić information content (AvgIpc) is 2.35. The second kappa shape index (κ2) is 7.93. The van der Waals surface area contributed by atoms with Crippen molar-refractivity contribution in [1.82, 2.24) is 4.98 Å². The zero-order valence-corrected chi connectivity index (χ0v) is 11.4. The van der Waals surface area contributed by atoms with Crippen molar-refractivity contribution >= 4 is 11.4 Å². The number of hydrogen-bond donors (Lipinski definition) is 3. The molecule has 4 nitrogen and oxygen atoms in total. The van der Waals surface area contributed by atoms with E-state index in [4.69, 9.17) is 5.73 Å². The lowest BCUT2D eigenvalue weighted by molar-refractivity contribution is 0.166. The van der Waals surface area contributed by atoms with E-state index in [1.165, 1.54) is 19.3 Å². The van der Waals surface area contributed by atoms with Crippen molar-refractivity contribution in [3.05, 3.63) is 18.5 Å². The molecule has 0 aliphatic heterocycles. The Kier molecular flexibility index (Phi) is 6.50. The Labute approximate surface area is 110 Å². The number of nitrogens with two attached hydrogens (primary N) is 1. The summed E-state index contributed by atoms with van der Waals surface area (Å²) in [5, 5.41) is 13.1. The molecule has 0 bridgehead atoms. The van der Waals surface area contributed by atoms with Gasteiger partial charge in [-0.05, 0) is 19.4 Å². The van der Waals surface area contributed by atoms with Crippen molar-refractivity contribution in [3.8, 4) is 0 Å². The van der Waals surface area contributed by atoms with E-state index in [0.717, 1.165) is 18.5 Å². The molecule has 0 saturated carbocycles. The summed E-state index contributed by atoms with van der Waals surface area (Å²) in [6, 6.07) is 1.89. The van der Waals surface area contributed by atoms with E-state index in [0.29, 0.717) is 5.69 Å². The predicted molar refractivity (Wildman–Crippen MR) is 76.5 cm³/mol. The fraction of sp³-hybridized carbons (Fsp3) is 0.643. The largest absolute Gasteiger partial charge is 0.396 e. The molecule has 0 amide bonds. The molecule has 0 fully saturated rings. The van der Waals surface area contributed by atoms with E-state index < -0.39 is 0 Å². The Morgan fingerprint density at radius 1 is 1.39 bits per heavy atom. The molecule has 4 heteroatoms. The van der Waals surface area contributed by atoms with Crippen LogP contribution in [0.4, 0.5) is 11.4 Å². The molecule has 0 aliphatic rings. The summed E-state index contributed by atoms with van der Waals surface area (Å²) >= 11 is 0. The van der Waals surface area contributed by atoms with Crippen LogP contribution in [0.5, 0.6) is 0 Å². The maximum absolute atomic E-state index is 9.80. The van der Waals surface area contributed by atoms with Gasteiger partial charge in [0.05, 0.1) is 29.7 Å². The van der Waals surface area contributed by atoms with Crippen LogP contribution in [0.25, 0.3) is 0 Å². The number of hydrogen-bond acceptors (Lipinski definition) is 4. The van der Waals surface area contributed by atoms with E-state index in [1.807, 2.05) is 13.0 Å². The Hall–Kier alpha value is -1.29. The van der Waals surface area contributed by atoms with Crippen LogP contribution < -0.4 is 11.1 Å². The van der Waals surface area contributed by atoms with Crippen molar-refractivity contribution in [3.63, 3.8) is 0 Å². The number of pyridine rings is 1. The van der Waals surface area contributed by atoms with Crippen LogP contribution in [-0.2, 0) is 0 Å². The molecule has 1 aromatic heterocycles. The lowest BCUT2D eigenvalue weighted by Gasteiger charge is -2.23. The minimum absolute atomic E-state index is 0.0477. The number of aliphatic hydroxyl groups is 1. The fourth-order valence-electron chi connectivity index (χ4n) is 1.96. The summed E-state index contributed by atoms with van der Waals surface area (Å²) in [6.45, 7) is 4.01. The van der Waals surface area contributed by atoms with Gasteiger partial charge in [-0.2, -0.15) is 0 Å². The van der Waals surface area contributed by atoms with E-state index in [1.54, 1.807) is 12.4 Å². The third kappa shape index (κ3) is 4.92. The number of rotatable bonds is 8. The summed E-state index contributed by atoms with van der Waals surface area (Å²) in [5.74, 6) is 0. The molecule has 1 heterocycles. The van der Waals surface area contributed by atoms with Gasteiger partial charge in [0.15, 0.2) is 0 Å². The maximum Gasteiger partial charge on any atom is 0.0736 e. The van der Waals surface area contributed by atoms with Crippen LogP contribution in [0.3, 0.4) is 0 Å². The third-order valence-corrected chi connectivity index (χ3v) is 3.14. The van der Waals surface area contributed by atoms with E-state index in [-0.39, 0.29) is 12.1 Å². The van der Waals surface area contributed by atoms with Gasteiger partial charge >= 0.3 is 0 Å². The number of nitrogens with one attached hydrogen (secondary N) is 1. The van der Waals surface area contributed by atoms with Gasteiger partial charge in [-0.15, -0.1) is 0 Å². The summed E-state index contributed by atoms with van der Waals surface area (Å²) in [7, 11) is 0. The summed E-state index contributed by atoms with van der Waals surface area (Å²) in [6.07, 6.45) is 8.72. The van der Waals surface area contributed by atoms with E-state index >= 15 is 0 Å². The highest BCUT2D eigenvalue weighted by Crippen LogP contribution is 2.19. The SMILES string of the molecule is CCCCCCC(Nc1ccncc1N)C(C)O. The zero-order valence-electron chi connectivity index (χ0n) is 11.4. The van der Waals surface area contributed by atoms with Gasteiger partial charge in [-0.25, -0.2) is 0 Å². The molecule has 2 unspecified atom stereocenters. The Balaban J connectivity index is 2.50. The summed E-state index contributed by atoms with van der Waals surface area (Å²) < 4.78 is 0. The highest BCUT2D eigenvalue weighted by Gasteiger charge is 2.15. The standard InChI is InChI=1S/C14H25N3O/c1-3-4-5-6-7-13(11(2)18)17-14-8-9-16-10-12(14)15/h8-11,13,18H,3-7,15H2,1-2H3,(H,16,17). The Bertz CT molecular complexity index is 342. The van der Waals surface area contributed by atoms with Gasteiger partial charge in [0.1, 0.15) is 0 Å². The van der Waals surface area contributed by atoms with E-state index in [9.17, 15) is 5.11 Å². The van der Waals surface area contributed by atoms with Crippen molar-refractivity contribution in [2.75, 3.05) is 11.1 Å². The van der Waals surface area contributed by atoms with Crippen LogP contribution in [0.2, 0.25) is 0 Å². The van der Waals surface area contributed by atoms with Gasteiger partial charge in [-0.1, -0.05) is 32.6 Å². The van der Waals surface area contributed by atoms with Gasteiger partial charge in [0, 0.05) is 6.20 Å². The average molecular weight is 251 g/mol. The lowest BCUT2D eigenvalue weighted by Crippen LogP contribution is -2.31. The minimum Gasteiger partial charge on any atom is -0.396 e. The van der Waals surface area contributed by atoms with Crippen LogP contribution in [0.1, 0.15) is 46.0 Å². The molecule has 1 rings (SSSR count). The van der Waals surface area contributed by atoms with E-state index in [2.05, 4.69) is 17.2 Å². The number of nitrogens with zero attached hydrogens (tertiary/aromatic N) is 1. The monoisotopic (exact) mass is 251 g/mol. The summed E-state index contributed by atoms with van der Waals surface area (Å²) in [5.41, 5.74) is 7.31. The molecule has 0 radical (unpaired) electrons. The number of unbranched alkanes of at least 4 members (excludes halogenated alkanes) is 3. The first-order valence-electron chi connectivity index (χ1n) is 6.79. The van der Waals surface area contributed by atoms with Crippen molar-refractivity contribution in [1.29, 1.82) is 0 Å². The first-order valence-corrected chi connectivity index (χ1v) is 6.79. The number of anilines is 2. The van der Waals surface area contributed by atoms with Gasteiger partial charge in [0.25, 0.3) is 0 Å². The number of nitrogen functional groups attached to an aromatic ring is 1. The van der Waals surface area contributed by atoms with Crippen molar-refractivity contribution in [2.24, 2.45) is 0 Å². The number of aromatic nitrogens is 1. The molecule has 18 heavy (non-hydrogen) atoms. The summed E-state index contributed by atoms with van der Waals surface area (Å²) in [4.78, 5) is 3.96. The molecular formula is C14H25N3O. The van der Waals surface area contributed by atoms with Gasteiger partial charge < -0.3 is 16.2 Å². The van der Waals surface area contributed by atoms with Crippen LogP contribution in [-0.4, -0.2) is 22.2 Å². The minimum atomic E-state index is -0.390. The molecule has 0 saturated heterocycles. The topological polar surface area (TPSA) is 71.2 Å². The quantitative estimate of drug-likeness (QED) is 0.621. The van der Waals surface area contributed by atoms with Gasteiger partial charge in [-0.3, -0.25) is 4.98 Å². The predicted octanol–water partition coefficient (Wildman–Crippen LogP) is 2.80. The molecule has 0 aliphatic carbocycles. The second-order valence-corrected chi connectivity index (χ2v) is 4.80. The highest BCUT2D eigenvalue weighted by atomic mass is 16.3. The van der Waals surface area contributed by atoms with Crippen molar-refractivity contribution in [2.45, 2.75) is 58.1 Å². The van der Waals surface area contributed by atoms with Crippen LogP contribution in [0, 0.1) is 0 Å². The maximum atomic E-state index is 9.80. The highest BCUT2D eigenvalue weighted by molar-refractivity contribution is 5.64. The smallest absolute Gasteiger partial charge is 0.0736 e. The first kappa shape index (κ1) is 14.8. The first-order chi connectivity index (χ1) is 8.65. The van der Waals surface area contributed by atoms with Crippen LogP contribution >= 0.6 is 0 Å². The fourth-order valence-corrected chi connectivity index (χ4v) is 1.96. The second-order valence-electron chi connectivity index (χ2n) is 4.80. The zero-order chi connectivity index (χ0) is 13.4. The molecule has 1 aromatic rings. The van der Waals surface area contributed by atoms with Gasteiger partial charge in [0.2, 0.25) is 0 Å². The third-order valence-electron chi connectivity index (χ3n) is 3.14. The molecule has 0 spiro atoms. The molecular weight excluding hydrogens is 226 g/mol. The Morgan fingerprint density at radius 3 is 2.78 bits per heavy atom. The molecule has 2 atom stereocenters. The normalized spacial score (nSPS) is 14.2. The van der Waals surface area contributed by atoms with Crippen LogP contribution in [0.15, 0.2) is 18.5 Å². The molecule has 102 valence electrons. The number of aliphatic hydroxyl groups excluding tert-OH is 1. The molecule has 4 N–H and O–H groups in total. The lowest BCUT2D eigenvalue weighted by atomic mass is 10.0. The van der Waals surface area contributed by atoms with Crippen molar-refractivity contribution < 1.29 is 5.11 Å².